The van der Waals surface area contributed by atoms with E-state index in [0.29, 0.717) is 5.95 Å². The summed E-state index contributed by atoms with van der Waals surface area (Å²) in [6.07, 6.45) is 0. The van der Waals surface area contributed by atoms with Crippen LogP contribution in [-0.2, 0) is 0 Å². The van der Waals surface area contributed by atoms with Gasteiger partial charge in [0.25, 0.3) is 0 Å². The second-order valence-electron chi connectivity index (χ2n) is 14.1. The lowest BCUT2D eigenvalue weighted by molar-refractivity contribution is 0.670. The summed E-state index contributed by atoms with van der Waals surface area (Å²) < 4.78 is 9.15. The van der Waals surface area contributed by atoms with Crippen molar-refractivity contribution in [3.8, 4) is 28.3 Å². The fraction of sp³-hybridized carbons (Fsp3) is 0. The smallest absolute Gasteiger partial charge is 0.235 e. The van der Waals surface area contributed by atoms with Gasteiger partial charge in [0.1, 0.15) is 11.2 Å². The van der Waals surface area contributed by atoms with E-state index >= 15 is 0 Å². The van der Waals surface area contributed by atoms with E-state index in [9.17, 15) is 0 Å². The van der Waals surface area contributed by atoms with Crippen molar-refractivity contribution >= 4 is 87.0 Å². The highest BCUT2D eigenvalue weighted by Gasteiger charge is 2.25. The molecule has 0 atom stereocenters. The van der Waals surface area contributed by atoms with Gasteiger partial charge in [0.05, 0.1) is 22.2 Å². The van der Waals surface area contributed by atoms with Crippen molar-refractivity contribution in [1.82, 2.24) is 14.5 Å². The minimum Gasteiger partial charge on any atom is -0.455 e. The molecule has 0 amide bonds. The van der Waals surface area contributed by atoms with E-state index in [-0.39, 0.29) is 0 Å². The predicted octanol–water partition coefficient (Wildman–Crippen LogP) is 13.4. The normalized spacial score (nSPS) is 12.1. The highest BCUT2D eigenvalue weighted by molar-refractivity contribution is 6.25. The number of fused-ring (bicyclic) bond motifs is 12. The third kappa shape index (κ3) is 4.08. The van der Waals surface area contributed by atoms with Gasteiger partial charge in [-0.1, -0.05) is 158 Å². The van der Waals surface area contributed by atoms with Gasteiger partial charge in [-0.15, -0.1) is 0 Å². The van der Waals surface area contributed by atoms with Gasteiger partial charge in [-0.05, 0) is 39.7 Å². The van der Waals surface area contributed by atoms with Gasteiger partial charge in [-0.2, -0.15) is 0 Å². The first kappa shape index (κ1) is 29.3. The molecule has 0 saturated carbocycles. The van der Waals surface area contributed by atoms with Crippen LogP contribution in [0.2, 0.25) is 0 Å². The molecule has 0 aliphatic rings. The van der Waals surface area contributed by atoms with Crippen molar-refractivity contribution in [3.05, 3.63) is 176 Å². The molecular formula is C50H29N3O. The zero-order valence-electron chi connectivity index (χ0n) is 29.0. The Labute approximate surface area is 309 Å². The second kappa shape index (κ2) is 11.1. The second-order valence-corrected chi connectivity index (χ2v) is 14.1. The molecule has 12 aromatic rings. The maximum absolute atomic E-state index is 6.83. The average molecular weight is 688 g/mol. The van der Waals surface area contributed by atoms with E-state index in [1.807, 2.05) is 6.07 Å². The number of hydrogen-bond acceptors (Lipinski definition) is 3. The summed E-state index contributed by atoms with van der Waals surface area (Å²) in [6.45, 7) is 0. The number of aromatic nitrogens is 3. The number of furan rings is 1. The molecule has 0 N–H and O–H groups in total. The van der Waals surface area contributed by atoms with E-state index in [4.69, 9.17) is 14.4 Å². The predicted molar refractivity (Wildman–Crippen MR) is 225 cm³/mol. The molecule has 12 rings (SSSR count). The van der Waals surface area contributed by atoms with Gasteiger partial charge in [0.15, 0.2) is 0 Å². The lowest BCUT2D eigenvalue weighted by atomic mass is 9.93. The van der Waals surface area contributed by atoms with Crippen LogP contribution in [0.15, 0.2) is 180 Å². The molecule has 0 spiro atoms. The molecule has 0 aliphatic heterocycles. The molecule has 0 saturated heterocycles. The van der Waals surface area contributed by atoms with E-state index in [1.165, 1.54) is 0 Å². The zero-order valence-corrected chi connectivity index (χ0v) is 29.0. The van der Waals surface area contributed by atoms with Gasteiger partial charge < -0.3 is 4.42 Å². The average Bonchev–Trinajstić information content (AvgIpc) is 3.79. The van der Waals surface area contributed by atoms with Gasteiger partial charge in [0, 0.05) is 54.4 Å². The van der Waals surface area contributed by atoms with Crippen molar-refractivity contribution in [3.63, 3.8) is 0 Å². The summed E-state index contributed by atoms with van der Waals surface area (Å²) in [5.74, 6) is 0.627. The summed E-state index contributed by atoms with van der Waals surface area (Å²) >= 11 is 0. The van der Waals surface area contributed by atoms with Crippen molar-refractivity contribution in [2.75, 3.05) is 0 Å². The molecule has 3 aromatic heterocycles. The van der Waals surface area contributed by atoms with Crippen LogP contribution in [0.3, 0.4) is 0 Å². The number of hydrogen-bond donors (Lipinski definition) is 0. The lowest BCUT2D eigenvalue weighted by Gasteiger charge is -2.16. The topological polar surface area (TPSA) is 43.9 Å². The van der Waals surface area contributed by atoms with Gasteiger partial charge in [-0.3, -0.25) is 4.57 Å². The van der Waals surface area contributed by atoms with Crippen LogP contribution in [0.4, 0.5) is 0 Å². The Morgan fingerprint density at radius 1 is 0.407 bits per heavy atom. The Bertz CT molecular complexity index is 3500. The van der Waals surface area contributed by atoms with E-state index in [1.54, 1.807) is 0 Å². The molecule has 0 radical (unpaired) electrons. The third-order valence-electron chi connectivity index (χ3n) is 11.2. The standard InChI is InChI=1S/C50H29N3O/c1-2-15-32(16-3-1)45-41-28-26-30-13-4-8-19-35(30)46(41)52-50(51-45)53-47-36-20-9-5-14-31(36)25-27-39(47)38-22-12-23-40(48(38)53)44-34-18-7-6-17-33(34)29-42-37-21-10-11-24-43(37)54-49(42)44/h1-29H. The van der Waals surface area contributed by atoms with Crippen molar-refractivity contribution in [2.24, 2.45) is 0 Å². The first-order valence-electron chi connectivity index (χ1n) is 18.3. The molecule has 0 fully saturated rings. The summed E-state index contributed by atoms with van der Waals surface area (Å²) in [4.78, 5) is 11.1. The molecule has 0 bridgehead atoms. The molecular weight excluding hydrogens is 659 g/mol. The van der Waals surface area contributed by atoms with Crippen LogP contribution in [0.1, 0.15) is 0 Å². The fourth-order valence-corrected chi connectivity index (χ4v) is 8.79. The highest BCUT2D eigenvalue weighted by Crippen LogP contribution is 2.46. The molecule has 250 valence electrons. The maximum atomic E-state index is 6.83. The lowest BCUT2D eigenvalue weighted by Crippen LogP contribution is -2.05. The zero-order chi connectivity index (χ0) is 35.3. The van der Waals surface area contributed by atoms with Crippen molar-refractivity contribution in [1.29, 1.82) is 0 Å². The van der Waals surface area contributed by atoms with Crippen LogP contribution >= 0.6 is 0 Å². The minimum atomic E-state index is 0.627. The fourth-order valence-electron chi connectivity index (χ4n) is 8.79. The SMILES string of the molecule is c1ccc(-c2nc(-n3c4c(-c5c6ccccc6cc6c5oc5ccccc56)cccc4c4ccc5ccccc5c43)nc3c2ccc2ccccc23)cc1. The number of benzene rings is 9. The van der Waals surface area contributed by atoms with Crippen LogP contribution in [0.5, 0.6) is 0 Å². The summed E-state index contributed by atoms with van der Waals surface area (Å²) in [6, 6.07) is 62.4. The number of para-hydroxylation sites is 2. The van der Waals surface area contributed by atoms with Crippen LogP contribution in [-0.4, -0.2) is 14.5 Å². The molecule has 4 nitrogen and oxygen atoms in total. The molecule has 0 aliphatic carbocycles. The molecule has 54 heavy (non-hydrogen) atoms. The van der Waals surface area contributed by atoms with Gasteiger partial charge in [0.2, 0.25) is 5.95 Å². The van der Waals surface area contributed by atoms with Crippen molar-refractivity contribution in [2.45, 2.75) is 0 Å². The molecule has 0 unspecified atom stereocenters. The Morgan fingerprint density at radius 3 is 1.87 bits per heavy atom. The van der Waals surface area contributed by atoms with Crippen LogP contribution in [0.25, 0.3) is 115 Å². The highest BCUT2D eigenvalue weighted by atomic mass is 16.3. The van der Waals surface area contributed by atoms with Crippen LogP contribution < -0.4 is 0 Å². The number of rotatable bonds is 3. The Morgan fingerprint density at radius 2 is 1.04 bits per heavy atom. The molecule has 9 aromatic carbocycles. The van der Waals surface area contributed by atoms with E-state index in [0.717, 1.165) is 109 Å². The molecule has 3 heterocycles. The Hall–Kier alpha value is -7.30. The monoisotopic (exact) mass is 687 g/mol. The third-order valence-corrected chi connectivity index (χ3v) is 11.2. The Kier molecular flexibility index (Phi) is 6.02. The maximum Gasteiger partial charge on any atom is 0.235 e. The number of nitrogens with zero attached hydrogens (tertiary/aromatic N) is 3. The quantitative estimate of drug-likeness (QED) is 0.174. The van der Waals surface area contributed by atoms with E-state index in [2.05, 4.69) is 174 Å². The first-order chi connectivity index (χ1) is 26.8. The summed E-state index contributed by atoms with van der Waals surface area (Å²) in [5.41, 5.74) is 8.87. The van der Waals surface area contributed by atoms with Crippen LogP contribution in [0, 0.1) is 0 Å². The molecule has 4 heteroatoms. The Balaban J connectivity index is 1.32. The summed E-state index contributed by atoms with van der Waals surface area (Å²) in [5, 5.41) is 12.4. The first-order valence-corrected chi connectivity index (χ1v) is 18.3. The van der Waals surface area contributed by atoms with E-state index < -0.39 is 0 Å². The van der Waals surface area contributed by atoms with Gasteiger partial charge in [-0.25, -0.2) is 9.97 Å². The van der Waals surface area contributed by atoms with Crippen molar-refractivity contribution < 1.29 is 4.42 Å². The largest absolute Gasteiger partial charge is 0.455 e. The summed E-state index contributed by atoms with van der Waals surface area (Å²) in [7, 11) is 0. The minimum absolute atomic E-state index is 0.627. The van der Waals surface area contributed by atoms with Gasteiger partial charge >= 0.3 is 0 Å².